The number of ether oxygens (including phenoxy) is 1. The zero-order valence-corrected chi connectivity index (χ0v) is 21.0. The highest BCUT2D eigenvalue weighted by Gasteiger charge is 2.38. The Labute approximate surface area is 223 Å². The number of halogens is 6. The largest absolute Gasteiger partial charge is 0.504 e. The van der Waals surface area contributed by atoms with Gasteiger partial charge < -0.3 is 20.3 Å². The SMILES string of the molecule is CC[C@@H]1C[C@H](Nc2ncc(O)c(Cc3cc(C(F)(F)F)cc(C(F)(F)F)c3)n2)c2nc(OC)ccc2N1C(=O)O. The molecule has 2 atom stereocenters. The van der Waals surface area contributed by atoms with Crippen molar-refractivity contribution in [1.82, 2.24) is 15.0 Å². The summed E-state index contributed by atoms with van der Waals surface area (Å²) in [6.07, 6.45) is -10.1. The summed E-state index contributed by atoms with van der Waals surface area (Å²) >= 11 is 0. The van der Waals surface area contributed by atoms with E-state index in [1.165, 1.54) is 18.1 Å². The van der Waals surface area contributed by atoms with Gasteiger partial charge in [-0.15, -0.1) is 0 Å². The van der Waals surface area contributed by atoms with E-state index in [0.717, 1.165) is 6.20 Å². The number of carboxylic acid groups (broad SMARTS) is 1. The lowest BCUT2D eigenvalue weighted by molar-refractivity contribution is -0.143. The van der Waals surface area contributed by atoms with Crippen LogP contribution >= 0.6 is 0 Å². The van der Waals surface area contributed by atoms with Crippen LogP contribution in [0.5, 0.6) is 11.6 Å². The molecule has 0 saturated heterocycles. The Morgan fingerprint density at radius 2 is 1.75 bits per heavy atom. The van der Waals surface area contributed by atoms with Gasteiger partial charge >= 0.3 is 18.4 Å². The van der Waals surface area contributed by atoms with Gasteiger partial charge in [0.15, 0.2) is 5.75 Å². The van der Waals surface area contributed by atoms with E-state index >= 15 is 0 Å². The molecule has 40 heavy (non-hydrogen) atoms. The van der Waals surface area contributed by atoms with Crippen molar-refractivity contribution >= 4 is 17.7 Å². The number of carbonyl (C=O) groups is 1. The maximum absolute atomic E-state index is 13.3. The number of nitrogens with one attached hydrogen (secondary N) is 1. The smallest absolute Gasteiger partial charge is 0.416 e. The van der Waals surface area contributed by atoms with E-state index in [4.69, 9.17) is 4.74 Å². The van der Waals surface area contributed by atoms with Gasteiger partial charge in [0, 0.05) is 18.5 Å². The number of pyridine rings is 1. The van der Waals surface area contributed by atoms with E-state index in [-0.39, 0.29) is 35.6 Å². The van der Waals surface area contributed by atoms with E-state index in [1.54, 1.807) is 13.0 Å². The average molecular weight is 571 g/mol. The zero-order valence-electron chi connectivity index (χ0n) is 21.0. The van der Waals surface area contributed by atoms with Gasteiger partial charge in [-0.3, -0.25) is 4.90 Å². The van der Waals surface area contributed by atoms with Crippen molar-refractivity contribution in [3.8, 4) is 11.6 Å². The zero-order chi connectivity index (χ0) is 29.4. The predicted molar refractivity (Wildman–Crippen MR) is 129 cm³/mol. The highest BCUT2D eigenvalue weighted by Crippen LogP contribution is 2.40. The standard InChI is InChI=1S/C25H23F6N5O4/c1-3-15-10-17(21-18(36(15)23(38)39)4-5-20(35-21)40-2)34-22-32-11-19(37)16(33-22)8-12-6-13(24(26,27)28)9-14(7-12)25(29,30)31/h4-7,9,11,15,17,37H,3,8,10H2,1-2H3,(H,38,39)(H,32,33,34)/t15-,17+/m1/s1. The van der Waals surface area contributed by atoms with E-state index in [0.29, 0.717) is 29.9 Å². The van der Waals surface area contributed by atoms with Crippen molar-refractivity contribution in [1.29, 1.82) is 0 Å². The van der Waals surface area contributed by atoms with Crippen molar-refractivity contribution < 1.29 is 46.1 Å². The van der Waals surface area contributed by atoms with Gasteiger partial charge in [-0.2, -0.15) is 26.3 Å². The predicted octanol–water partition coefficient (Wildman–Crippen LogP) is 6.03. The number of hydrogen-bond acceptors (Lipinski definition) is 7. The minimum Gasteiger partial charge on any atom is -0.504 e. The fourth-order valence-corrected chi connectivity index (χ4v) is 4.53. The van der Waals surface area contributed by atoms with Crippen LogP contribution in [0.3, 0.4) is 0 Å². The molecule has 15 heteroatoms. The van der Waals surface area contributed by atoms with Crippen LogP contribution in [0, 0.1) is 0 Å². The van der Waals surface area contributed by atoms with Crippen molar-refractivity contribution in [2.24, 2.45) is 0 Å². The number of aromatic hydroxyl groups is 1. The lowest BCUT2D eigenvalue weighted by Gasteiger charge is -2.38. The van der Waals surface area contributed by atoms with Gasteiger partial charge in [-0.1, -0.05) is 6.92 Å². The van der Waals surface area contributed by atoms with Crippen LogP contribution in [-0.4, -0.2) is 44.4 Å². The number of amides is 1. The van der Waals surface area contributed by atoms with Crippen LogP contribution in [-0.2, 0) is 18.8 Å². The topological polar surface area (TPSA) is 121 Å². The molecule has 3 N–H and O–H groups in total. The first kappa shape index (κ1) is 28.7. The number of fused-ring (bicyclic) bond motifs is 1. The van der Waals surface area contributed by atoms with E-state index in [9.17, 15) is 41.4 Å². The summed E-state index contributed by atoms with van der Waals surface area (Å²) in [5.41, 5.74) is -2.98. The van der Waals surface area contributed by atoms with E-state index in [1.807, 2.05) is 0 Å². The number of rotatable bonds is 6. The molecular weight excluding hydrogens is 548 g/mol. The van der Waals surface area contributed by atoms with Gasteiger partial charge in [0.25, 0.3) is 0 Å². The third kappa shape index (κ3) is 5.97. The number of hydrogen-bond donors (Lipinski definition) is 3. The first-order chi connectivity index (χ1) is 18.7. The maximum atomic E-state index is 13.3. The molecule has 0 spiro atoms. The Kier molecular flexibility index (Phi) is 7.67. The molecule has 0 saturated carbocycles. The molecule has 1 amide bonds. The summed E-state index contributed by atoms with van der Waals surface area (Å²) in [6, 6.07) is 3.08. The summed E-state index contributed by atoms with van der Waals surface area (Å²) in [7, 11) is 1.39. The summed E-state index contributed by atoms with van der Waals surface area (Å²) in [5.74, 6) is -0.429. The summed E-state index contributed by atoms with van der Waals surface area (Å²) in [6.45, 7) is 1.80. The molecular formula is C25H23F6N5O4. The molecule has 9 nitrogen and oxygen atoms in total. The van der Waals surface area contributed by atoms with Crippen molar-refractivity contribution in [2.75, 3.05) is 17.3 Å². The molecule has 1 aliphatic heterocycles. The Balaban J connectivity index is 1.69. The van der Waals surface area contributed by atoms with E-state index in [2.05, 4.69) is 20.3 Å². The van der Waals surface area contributed by atoms with Gasteiger partial charge in [-0.25, -0.2) is 19.7 Å². The lowest BCUT2D eigenvalue weighted by atomic mass is 9.93. The van der Waals surface area contributed by atoms with Crippen LogP contribution in [0.2, 0.25) is 0 Å². The molecule has 214 valence electrons. The second kappa shape index (κ2) is 10.7. The normalized spacial score (nSPS) is 17.4. The van der Waals surface area contributed by atoms with E-state index < -0.39 is 53.8 Å². The third-order valence-electron chi connectivity index (χ3n) is 6.39. The second-order valence-electron chi connectivity index (χ2n) is 9.02. The Hall–Kier alpha value is -4.30. The second-order valence-corrected chi connectivity index (χ2v) is 9.02. The van der Waals surface area contributed by atoms with Crippen molar-refractivity contribution in [3.05, 3.63) is 64.6 Å². The molecule has 1 aromatic carbocycles. The van der Waals surface area contributed by atoms with Crippen molar-refractivity contribution in [2.45, 2.75) is 50.6 Å². The average Bonchev–Trinajstić information content (AvgIpc) is 2.88. The maximum Gasteiger partial charge on any atom is 0.416 e. The van der Waals surface area contributed by atoms with Gasteiger partial charge in [0.2, 0.25) is 11.8 Å². The number of benzene rings is 1. The van der Waals surface area contributed by atoms with Gasteiger partial charge in [0.05, 0.1) is 47.6 Å². The molecule has 3 aromatic rings. The number of alkyl halides is 6. The number of nitrogens with zero attached hydrogens (tertiary/aromatic N) is 4. The van der Waals surface area contributed by atoms with Gasteiger partial charge in [0.1, 0.15) is 0 Å². The molecule has 2 aromatic heterocycles. The highest BCUT2D eigenvalue weighted by atomic mass is 19.4. The summed E-state index contributed by atoms with van der Waals surface area (Å²) < 4.78 is 84.9. The van der Waals surface area contributed by atoms with Crippen LogP contribution in [0.4, 0.5) is 42.8 Å². The van der Waals surface area contributed by atoms with Crippen LogP contribution in [0.1, 0.15) is 53.9 Å². The Bertz CT molecular complexity index is 1380. The first-order valence-electron chi connectivity index (χ1n) is 11.9. The highest BCUT2D eigenvalue weighted by molar-refractivity contribution is 5.88. The third-order valence-corrected chi connectivity index (χ3v) is 6.39. The molecule has 4 rings (SSSR count). The molecule has 0 fully saturated rings. The molecule has 0 aliphatic carbocycles. The monoisotopic (exact) mass is 571 g/mol. The Morgan fingerprint density at radius 3 is 2.30 bits per heavy atom. The minimum atomic E-state index is -5.03. The fourth-order valence-electron chi connectivity index (χ4n) is 4.53. The number of methoxy groups -OCH3 is 1. The van der Waals surface area contributed by atoms with Gasteiger partial charge in [-0.05, 0) is 42.7 Å². The lowest BCUT2D eigenvalue weighted by Crippen LogP contribution is -2.45. The molecule has 0 bridgehead atoms. The molecule has 0 radical (unpaired) electrons. The van der Waals surface area contributed by atoms with Crippen molar-refractivity contribution in [3.63, 3.8) is 0 Å². The fraction of sp³-hybridized carbons (Fsp3) is 0.360. The molecule has 1 aliphatic rings. The number of anilines is 2. The Morgan fingerprint density at radius 1 is 1.10 bits per heavy atom. The molecule has 3 heterocycles. The molecule has 0 unspecified atom stereocenters. The van der Waals surface area contributed by atoms with Crippen LogP contribution in [0.25, 0.3) is 0 Å². The minimum absolute atomic E-state index is 0.0165. The quantitative estimate of drug-likeness (QED) is 0.307. The summed E-state index contributed by atoms with van der Waals surface area (Å²) in [5, 5.41) is 23.1. The van der Waals surface area contributed by atoms with Crippen LogP contribution in [0.15, 0.2) is 36.5 Å². The number of aromatic nitrogens is 3. The first-order valence-corrected chi connectivity index (χ1v) is 11.9. The van der Waals surface area contributed by atoms with Crippen LogP contribution < -0.4 is 15.0 Å². The summed E-state index contributed by atoms with van der Waals surface area (Å²) in [4.78, 5) is 25.7.